The van der Waals surface area contributed by atoms with Gasteiger partial charge in [0.05, 0.1) is 11.6 Å². The predicted molar refractivity (Wildman–Crippen MR) is 81.0 cm³/mol. The summed E-state index contributed by atoms with van der Waals surface area (Å²) in [6.07, 6.45) is 0. The second kappa shape index (κ2) is 6.45. The molecule has 0 amide bonds. The van der Waals surface area contributed by atoms with E-state index in [1.165, 1.54) is 0 Å². The van der Waals surface area contributed by atoms with Crippen molar-refractivity contribution >= 4 is 11.6 Å². The average molecular weight is 286 g/mol. The third kappa shape index (κ3) is 3.31. The maximum atomic E-state index is 8.89. The van der Waals surface area contributed by atoms with Crippen LogP contribution in [-0.2, 0) is 12.5 Å². The Labute approximate surface area is 124 Å². The van der Waals surface area contributed by atoms with Crippen LogP contribution in [0.15, 0.2) is 36.4 Å². The minimum atomic E-state index is 0.456. The molecule has 2 aromatic rings. The summed E-state index contributed by atoms with van der Waals surface area (Å²) in [5, 5.41) is 8.89. The van der Waals surface area contributed by atoms with Crippen molar-refractivity contribution in [2.24, 2.45) is 0 Å². The van der Waals surface area contributed by atoms with Crippen molar-refractivity contribution in [1.29, 1.82) is 5.26 Å². The summed E-state index contributed by atoms with van der Waals surface area (Å²) >= 11 is 5.86. The van der Waals surface area contributed by atoms with Gasteiger partial charge >= 0.3 is 0 Å². The highest BCUT2D eigenvalue weighted by molar-refractivity contribution is 6.17. The van der Waals surface area contributed by atoms with Crippen molar-refractivity contribution in [3.05, 3.63) is 64.2 Å². The topological polar surface area (TPSA) is 33.0 Å². The summed E-state index contributed by atoms with van der Waals surface area (Å²) in [7, 11) is 0. The second-order valence-corrected chi connectivity index (χ2v) is 5.06. The number of benzene rings is 2. The Kier molecular flexibility index (Phi) is 4.65. The number of halogens is 1. The van der Waals surface area contributed by atoms with Gasteiger partial charge in [0.25, 0.3) is 0 Å². The van der Waals surface area contributed by atoms with E-state index in [1.54, 1.807) is 6.07 Å². The monoisotopic (exact) mass is 285 g/mol. The normalized spacial score (nSPS) is 10.1. The molecule has 20 heavy (non-hydrogen) atoms. The van der Waals surface area contributed by atoms with Gasteiger partial charge in [-0.3, -0.25) is 0 Å². The molecule has 0 bridgehead atoms. The maximum Gasteiger partial charge on any atom is 0.125 e. The standard InChI is InChI=1S/C17H16ClNO/c1-12-6-16(9-18)7-13(2)17(12)20-11-15-5-3-4-14(8-15)10-19/h3-8H,9,11H2,1-2H3. The van der Waals surface area contributed by atoms with Crippen LogP contribution in [0, 0.1) is 25.2 Å². The molecule has 3 heteroatoms. The lowest BCUT2D eigenvalue weighted by Gasteiger charge is -2.13. The number of hydrogen-bond acceptors (Lipinski definition) is 2. The van der Waals surface area contributed by atoms with E-state index < -0.39 is 0 Å². The zero-order chi connectivity index (χ0) is 14.5. The van der Waals surface area contributed by atoms with Crippen LogP contribution in [0.4, 0.5) is 0 Å². The van der Waals surface area contributed by atoms with Crippen LogP contribution in [0.5, 0.6) is 5.75 Å². The van der Waals surface area contributed by atoms with E-state index in [9.17, 15) is 0 Å². The highest BCUT2D eigenvalue weighted by atomic mass is 35.5. The fourth-order valence-corrected chi connectivity index (χ4v) is 2.39. The third-order valence-electron chi connectivity index (χ3n) is 3.11. The molecule has 0 spiro atoms. The number of aryl methyl sites for hydroxylation is 2. The number of nitrogens with zero attached hydrogens (tertiary/aromatic N) is 1. The van der Waals surface area contributed by atoms with Gasteiger partial charge in [-0.25, -0.2) is 0 Å². The Balaban J connectivity index is 2.17. The largest absolute Gasteiger partial charge is 0.488 e. The van der Waals surface area contributed by atoms with Crippen LogP contribution in [-0.4, -0.2) is 0 Å². The molecule has 102 valence electrons. The summed E-state index contributed by atoms with van der Waals surface area (Å²) < 4.78 is 5.90. The summed E-state index contributed by atoms with van der Waals surface area (Å²) in [6, 6.07) is 13.7. The van der Waals surface area contributed by atoms with Gasteiger partial charge in [-0.05, 0) is 48.2 Å². The van der Waals surface area contributed by atoms with Crippen molar-refractivity contribution in [1.82, 2.24) is 0 Å². The first-order valence-corrected chi connectivity index (χ1v) is 6.95. The van der Waals surface area contributed by atoms with Crippen molar-refractivity contribution in [3.8, 4) is 11.8 Å². The lowest BCUT2D eigenvalue weighted by Crippen LogP contribution is -2.00. The maximum absolute atomic E-state index is 8.89. The van der Waals surface area contributed by atoms with E-state index in [2.05, 4.69) is 6.07 Å². The molecular weight excluding hydrogens is 270 g/mol. The molecule has 0 aromatic heterocycles. The summed E-state index contributed by atoms with van der Waals surface area (Å²) in [6.45, 7) is 4.49. The average Bonchev–Trinajstić information content (AvgIpc) is 2.46. The molecule has 0 aliphatic heterocycles. The molecule has 2 rings (SSSR count). The first-order chi connectivity index (χ1) is 9.63. The molecule has 2 nitrogen and oxygen atoms in total. The van der Waals surface area contributed by atoms with Gasteiger partial charge in [-0.1, -0.05) is 24.3 Å². The third-order valence-corrected chi connectivity index (χ3v) is 3.42. The number of nitriles is 1. The van der Waals surface area contributed by atoms with E-state index in [4.69, 9.17) is 21.6 Å². The fraction of sp³-hybridized carbons (Fsp3) is 0.235. The summed E-state index contributed by atoms with van der Waals surface area (Å²) in [5.74, 6) is 1.40. The molecule has 0 saturated carbocycles. The quantitative estimate of drug-likeness (QED) is 0.775. The van der Waals surface area contributed by atoms with Gasteiger partial charge < -0.3 is 4.74 Å². The van der Waals surface area contributed by atoms with Crippen LogP contribution in [0.3, 0.4) is 0 Å². The van der Waals surface area contributed by atoms with Crippen LogP contribution in [0.2, 0.25) is 0 Å². The van der Waals surface area contributed by atoms with Gasteiger partial charge in [-0.15, -0.1) is 11.6 Å². The smallest absolute Gasteiger partial charge is 0.125 e. The van der Waals surface area contributed by atoms with Gasteiger partial charge in [0.15, 0.2) is 0 Å². The number of alkyl halides is 1. The minimum Gasteiger partial charge on any atom is -0.488 e. The summed E-state index contributed by atoms with van der Waals surface area (Å²) in [4.78, 5) is 0. The Morgan fingerprint density at radius 2 is 1.80 bits per heavy atom. The lowest BCUT2D eigenvalue weighted by atomic mass is 10.1. The van der Waals surface area contributed by atoms with Crippen molar-refractivity contribution in [3.63, 3.8) is 0 Å². The van der Waals surface area contributed by atoms with Crippen LogP contribution < -0.4 is 4.74 Å². The van der Waals surface area contributed by atoms with Gasteiger partial charge in [-0.2, -0.15) is 5.26 Å². The molecule has 0 N–H and O–H groups in total. The molecule has 0 atom stereocenters. The lowest BCUT2D eigenvalue weighted by molar-refractivity contribution is 0.302. The molecule has 0 fully saturated rings. The Bertz CT molecular complexity index is 635. The highest BCUT2D eigenvalue weighted by Gasteiger charge is 2.07. The number of rotatable bonds is 4. The zero-order valence-electron chi connectivity index (χ0n) is 11.6. The molecule has 0 unspecified atom stereocenters. The molecular formula is C17H16ClNO. The van der Waals surface area contributed by atoms with E-state index in [1.807, 2.05) is 44.2 Å². The Morgan fingerprint density at radius 3 is 2.40 bits per heavy atom. The van der Waals surface area contributed by atoms with Gasteiger partial charge in [0.2, 0.25) is 0 Å². The molecule has 0 aliphatic carbocycles. The Hall–Kier alpha value is -1.98. The van der Waals surface area contributed by atoms with Crippen LogP contribution in [0.1, 0.15) is 27.8 Å². The van der Waals surface area contributed by atoms with Gasteiger partial charge in [0, 0.05) is 5.88 Å². The fourth-order valence-electron chi connectivity index (χ4n) is 2.23. The Morgan fingerprint density at radius 1 is 1.10 bits per heavy atom. The van der Waals surface area contributed by atoms with Crippen LogP contribution >= 0.6 is 11.6 Å². The number of hydrogen-bond donors (Lipinski definition) is 0. The molecule has 0 aliphatic rings. The molecule has 0 heterocycles. The van der Waals surface area contributed by atoms with Crippen molar-refractivity contribution in [2.45, 2.75) is 26.3 Å². The molecule has 0 saturated heterocycles. The van der Waals surface area contributed by atoms with Crippen molar-refractivity contribution in [2.75, 3.05) is 0 Å². The van der Waals surface area contributed by atoms with Crippen molar-refractivity contribution < 1.29 is 4.74 Å². The molecule has 0 radical (unpaired) electrons. The van der Waals surface area contributed by atoms with E-state index in [0.29, 0.717) is 18.1 Å². The first-order valence-electron chi connectivity index (χ1n) is 6.42. The first kappa shape index (κ1) is 14.4. The SMILES string of the molecule is Cc1cc(CCl)cc(C)c1OCc1cccc(C#N)c1. The summed E-state index contributed by atoms with van der Waals surface area (Å²) in [5.41, 5.74) is 4.90. The second-order valence-electron chi connectivity index (χ2n) is 4.79. The predicted octanol–water partition coefficient (Wildman–Crippen LogP) is 4.49. The highest BCUT2D eigenvalue weighted by Crippen LogP contribution is 2.26. The zero-order valence-corrected chi connectivity index (χ0v) is 12.4. The van der Waals surface area contributed by atoms with E-state index in [-0.39, 0.29) is 0 Å². The van der Waals surface area contributed by atoms with E-state index >= 15 is 0 Å². The van der Waals surface area contributed by atoms with E-state index in [0.717, 1.165) is 28.0 Å². The van der Waals surface area contributed by atoms with Crippen LogP contribution in [0.25, 0.3) is 0 Å². The number of ether oxygens (including phenoxy) is 1. The van der Waals surface area contributed by atoms with Gasteiger partial charge in [0.1, 0.15) is 12.4 Å². The molecule has 2 aromatic carbocycles. The minimum absolute atomic E-state index is 0.456.